The molecule has 0 spiro atoms. The Morgan fingerprint density at radius 1 is 1.14 bits per heavy atom. The number of benzene rings is 1. The van der Waals surface area contributed by atoms with E-state index in [1.165, 1.54) is 0 Å². The normalized spacial score (nSPS) is 35.0. The summed E-state index contributed by atoms with van der Waals surface area (Å²) in [5.41, 5.74) is 1.16. The Balaban J connectivity index is 1.61. The molecule has 3 rings (SSSR count). The van der Waals surface area contributed by atoms with Gasteiger partial charge in [0.1, 0.15) is 12.2 Å². The van der Waals surface area contributed by atoms with Crippen molar-refractivity contribution in [3.8, 4) is 0 Å². The standard InChI is InChI=1S/C17H24O4/c1-3-7-13-16-14(18-2)10-15(17(20-13)21-16)19-11-12-8-5-4-6-9-12/h4-6,8-9,13-17H,3,7,10-11H2,1-2H3. The number of rotatable bonds is 6. The first-order valence-electron chi connectivity index (χ1n) is 7.81. The van der Waals surface area contributed by atoms with Gasteiger partial charge in [-0.25, -0.2) is 0 Å². The van der Waals surface area contributed by atoms with Crippen molar-refractivity contribution < 1.29 is 18.9 Å². The Hall–Kier alpha value is -0.940. The minimum atomic E-state index is -0.248. The molecule has 2 fully saturated rings. The highest BCUT2D eigenvalue weighted by Crippen LogP contribution is 2.37. The van der Waals surface area contributed by atoms with Gasteiger partial charge in [-0.1, -0.05) is 43.7 Å². The van der Waals surface area contributed by atoms with E-state index in [0.29, 0.717) is 6.61 Å². The SMILES string of the molecule is CCCC1OC2OC1C(OC)CC2OCc1ccccc1. The second-order valence-electron chi connectivity index (χ2n) is 5.78. The van der Waals surface area contributed by atoms with E-state index in [1.807, 2.05) is 18.2 Å². The molecule has 21 heavy (non-hydrogen) atoms. The lowest BCUT2D eigenvalue weighted by atomic mass is 9.98. The van der Waals surface area contributed by atoms with Gasteiger partial charge in [0.05, 0.1) is 18.8 Å². The fraction of sp³-hybridized carbons (Fsp3) is 0.647. The molecular weight excluding hydrogens is 268 g/mol. The number of fused-ring (bicyclic) bond motifs is 2. The first kappa shape index (κ1) is 15.0. The van der Waals surface area contributed by atoms with Crippen LogP contribution in [0.4, 0.5) is 0 Å². The maximum absolute atomic E-state index is 6.03. The Morgan fingerprint density at radius 2 is 1.95 bits per heavy atom. The van der Waals surface area contributed by atoms with E-state index in [2.05, 4.69) is 19.1 Å². The van der Waals surface area contributed by atoms with Crippen LogP contribution in [-0.4, -0.2) is 37.8 Å². The summed E-state index contributed by atoms with van der Waals surface area (Å²) in [7, 11) is 1.74. The molecule has 0 N–H and O–H groups in total. The van der Waals surface area contributed by atoms with Crippen LogP contribution in [0.3, 0.4) is 0 Å². The third kappa shape index (κ3) is 3.29. The maximum Gasteiger partial charge on any atom is 0.184 e. The zero-order valence-corrected chi connectivity index (χ0v) is 12.7. The molecule has 2 saturated heterocycles. The van der Waals surface area contributed by atoms with Crippen LogP contribution in [0.5, 0.6) is 0 Å². The van der Waals surface area contributed by atoms with Gasteiger partial charge >= 0.3 is 0 Å². The lowest BCUT2D eigenvalue weighted by Gasteiger charge is -2.33. The van der Waals surface area contributed by atoms with E-state index < -0.39 is 0 Å². The monoisotopic (exact) mass is 292 g/mol. The van der Waals surface area contributed by atoms with Gasteiger partial charge in [-0.05, 0) is 12.0 Å². The second kappa shape index (κ2) is 6.88. The molecule has 1 aromatic carbocycles. The van der Waals surface area contributed by atoms with Crippen molar-refractivity contribution >= 4 is 0 Å². The van der Waals surface area contributed by atoms with Gasteiger partial charge in [-0.2, -0.15) is 0 Å². The predicted molar refractivity (Wildman–Crippen MR) is 78.9 cm³/mol. The fourth-order valence-electron chi connectivity index (χ4n) is 3.17. The minimum Gasteiger partial charge on any atom is -0.379 e. The molecule has 4 heteroatoms. The first-order valence-corrected chi connectivity index (χ1v) is 7.81. The zero-order valence-electron chi connectivity index (χ0n) is 12.7. The van der Waals surface area contributed by atoms with E-state index in [-0.39, 0.29) is 30.7 Å². The van der Waals surface area contributed by atoms with Crippen LogP contribution in [-0.2, 0) is 25.6 Å². The Kier molecular flexibility index (Phi) is 4.91. The Labute approximate surface area is 126 Å². The average Bonchev–Trinajstić information content (AvgIpc) is 2.87. The van der Waals surface area contributed by atoms with Crippen LogP contribution < -0.4 is 0 Å². The summed E-state index contributed by atoms with van der Waals surface area (Å²) in [6.45, 7) is 2.74. The van der Waals surface area contributed by atoms with Crippen molar-refractivity contribution in [2.75, 3.05) is 7.11 Å². The van der Waals surface area contributed by atoms with Gasteiger partial charge in [0.15, 0.2) is 6.29 Å². The van der Waals surface area contributed by atoms with E-state index in [9.17, 15) is 0 Å². The molecular formula is C17H24O4. The van der Waals surface area contributed by atoms with E-state index in [1.54, 1.807) is 7.11 Å². The lowest BCUT2D eigenvalue weighted by molar-refractivity contribution is -0.206. The van der Waals surface area contributed by atoms with Crippen LogP contribution in [0, 0.1) is 0 Å². The van der Waals surface area contributed by atoms with Gasteiger partial charge in [-0.15, -0.1) is 0 Å². The van der Waals surface area contributed by atoms with E-state index >= 15 is 0 Å². The van der Waals surface area contributed by atoms with Crippen molar-refractivity contribution in [2.45, 2.75) is 63.5 Å². The van der Waals surface area contributed by atoms with Gasteiger partial charge in [0, 0.05) is 13.5 Å². The highest BCUT2D eigenvalue weighted by molar-refractivity contribution is 5.13. The fourth-order valence-corrected chi connectivity index (χ4v) is 3.17. The quantitative estimate of drug-likeness (QED) is 0.808. The summed E-state index contributed by atoms with van der Waals surface area (Å²) in [5.74, 6) is 0. The molecule has 0 saturated carbocycles. The van der Waals surface area contributed by atoms with Gasteiger partial charge < -0.3 is 18.9 Å². The van der Waals surface area contributed by atoms with Crippen LogP contribution >= 0.6 is 0 Å². The molecule has 2 aliphatic rings. The molecule has 4 nitrogen and oxygen atoms in total. The van der Waals surface area contributed by atoms with Crippen LogP contribution in [0.2, 0.25) is 0 Å². The topological polar surface area (TPSA) is 36.9 Å². The van der Waals surface area contributed by atoms with Crippen molar-refractivity contribution in [3.05, 3.63) is 35.9 Å². The second-order valence-corrected chi connectivity index (χ2v) is 5.78. The van der Waals surface area contributed by atoms with Crippen LogP contribution in [0.15, 0.2) is 30.3 Å². The maximum atomic E-state index is 6.03. The molecule has 2 aliphatic heterocycles. The van der Waals surface area contributed by atoms with Gasteiger partial charge in [0.25, 0.3) is 0 Å². The molecule has 0 amide bonds. The molecule has 2 bridgehead atoms. The van der Waals surface area contributed by atoms with E-state index in [0.717, 1.165) is 24.8 Å². The van der Waals surface area contributed by atoms with Crippen molar-refractivity contribution in [2.24, 2.45) is 0 Å². The summed E-state index contributed by atoms with van der Waals surface area (Å²) in [6, 6.07) is 10.2. The minimum absolute atomic E-state index is 0.0523. The molecule has 1 aromatic rings. The summed E-state index contributed by atoms with van der Waals surface area (Å²) in [6.07, 6.45) is 2.86. The van der Waals surface area contributed by atoms with Crippen molar-refractivity contribution in [3.63, 3.8) is 0 Å². The van der Waals surface area contributed by atoms with Crippen molar-refractivity contribution in [1.29, 1.82) is 0 Å². The molecule has 0 aliphatic carbocycles. The number of methoxy groups -OCH3 is 1. The number of hydrogen-bond acceptors (Lipinski definition) is 4. The van der Waals surface area contributed by atoms with E-state index in [4.69, 9.17) is 18.9 Å². The third-order valence-corrected chi connectivity index (χ3v) is 4.28. The molecule has 2 heterocycles. The summed E-state index contributed by atoms with van der Waals surface area (Å²) in [4.78, 5) is 0. The van der Waals surface area contributed by atoms with Gasteiger partial charge in [0.2, 0.25) is 0 Å². The molecule has 5 atom stereocenters. The van der Waals surface area contributed by atoms with Crippen molar-refractivity contribution in [1.82, 2.24) is 0 Å². The highest BCUT2D eigenvalue weighted by atomic mass is 16.8. The Morgan fingerprint density at radius 3 is 2.67 bits per heavy atom. The summed E-state index contributed by atoms with van der Waals surface area (Å²) < 4.78 is 23.6. The third-order valence-electron chi connectivity index (χ3n) is 4.28. The zero-order chi connectivity index (χ0) is 14.7. The predicted octanol–water partition coefficient (Wildman–Crippen LogP) is 2.90. The molecule has 0 aromatic heterocycles. The van der Waals surface area contributed by atoms with Gasteiger partial charge in [-0.3, -0.25) is 0 Å². The highest BCUT2D eigenvalue weighted by Gasteiger charge is 2.49. The average molecular weight is 292 g/mol. The molecule has 116 valence electrons. The molecule has 0 radical (unpaired) electrons. The largest absolute Gasteiger partial charge is 0.379 e. The first-order chi connectivity index (χ1) is 10.3. The Bertz CT molecular complexity index is 434. The lowest BCUT2D eigenvalue weighted by Crippen LogP contribution is -2.45. The van der Waals surface area contributed by atoms with Crippen LogP contribution in [0.25, 0.3) is 0 Å². The smallest absolute Gasteiger partial charge is 0.184 e. The summed E-state index contributed by atoms with van der Waals surface area (Å²) in [5, 5.41) is 0. The van der Waals surface area contributed by atoms with Crippen LogP contribution in [0.1, 0.15) is 31.7 Å². The number of ether oxygens (including phenoxy) is 4. The molecule has 5 unspecified atom stereocenters. The summed E-state index contributed by atoms with van der Waals surface area (Å²) >= 11 is 0. The number of hydrogen-bond donors (Lipinski definition) is 0.